The van der Waals surface area contributed by atoms with Crippen LogP contribution in [0, 0.1) is 5.41 Å². The zero-order chi connectivity index (χ0) is 14.8. The second-order valence-electron chi connectivity index (χ2n) is 5.93. The number of piperidine rings is 1. The Kier molecular flexibility index (Phi) is 6.98. The summed E-state index contributed by atoms with van der Waals surface area (Å²) in [5.74, 6) is -0.120. The van der Waals surface area contributed by atoms with Crippen LogP contribution in [0.1, 0.15) is 37.0 Å². The van der Waals surface area contributed by atoms with E-state index in [-0.39, 0.29) is 23.7 Å². The van der Waals surface area contributed by atoms with Crippen LogP contribution in [0.25, 0.3) is 0 Å². The number of hydrogen-bond acceptors (Lipinski definition) is 2. The smallest absolute Gasteiger partial charge is 0.252 e. The number of halogens is 3. The van der Waals surface area contributed by atoms with Gasteiger partial charge in [0.1, 0.15) is 0 Å². The molecule has 0 saturated carbocycles. The lowest BCUT2D eigenvalue weighted by molar-refractivity contribution is 0.0929. The molecule has 1 aromatic rings. The van der Waals surface area contributed by atoms with Crippen molar-refractivity contribution in [1.29, 1.82) is 0 Å². The van der Waals surface area contributed by atoms with Crippen LogP contribution in [-0.2, 0) is 0 Å². The van der Waals surface area contributed by atoms with Crippen LogP contribution in [-0.4, -0.2) is 25.0 Å². The summed E-state index contributed by atoms with van der Waals surface area (Å²) < 4.78 is 0.870. The molecular weight excluding hydrogens is 375 g/mol. The van der Waals surface area contributed by atoms with Crippen LogP contribution in [0.15, 0.2) is 22.7 Å². The van der Waals surface area contributed by atoms with Crippen molar-refractivity contribution in [2.75, 3.05) is 13.1 Å². The minimum absolute atomic E-state index is 0. The average molecular weight is 396 g/mol. The Balaban J connectivity index is 0.00000220. The molecule has 0 bridgehead atoms. The predicted molar refractivity (Wildman–Crippen MR) is 93.5 cm³/mol. The van der Waals surface area contributed by atoms with Crippen LogP contribution in [0.2, 0.25) is 5.02 Å². The topological polar surface area (TPSA) is 41.1 Å². The molecule has 1 aromatic carbocycles. The normalized spacial score (nSPS) is 20.5. The summed E-state index contributed by atoms with van der Waals surface area (Å²) in [6.07, 6.45) is 2.37. The SMILES string of the molecule is CC1(C)CCCNC1CNC(=O)c1ccc(Br)cc1Cl.Cl. The van der Waals surface area contributed by atoms with E-state index in [1.54, 1.807) is 12.1 Å². The molecule has 2 N–H and O–H groups in total. The molecule has 3 nitrogen and oxygen atoms in total. The summed E-state index contributed by atoms with van der Waals surface area (Å²) in [5.41, 5.74) is 0.721. The van der Waals surface area contributed by atoms with Gasteiger partial charge in [-0.1, -0.05) is 41.4 Å². The van der Waals surface area contributed by atoms with Crippen LogP contribution < -0.4 is 10.6 Å². The molecule has 1 unspecified atom stereocenters. The molecule has 1 heterocycles. The summed E-state index contributed by atoms with van der Waals surface area (Å²) in [6, 6.07) is 5.60. The Morgan fingerprint density at radius 1 is 1.52 bits per heavy atom. The van der Waals surface area contributed by atoms with E-state index >= 15 is 0 Å². The number of hydrogen-bond donors (Lipinski definition) is 2. The van der Waals surface area contributed by atoms with Crippen LogP contribution >= 0.6 is 39.9 Å². The van der Waals surface area contributed by atoms with Crippen molar-refractivity contribution in [2.45, 2.75) is 32.7 Å². The number of amides is 1. The monoisotopic (exact) mass is 394 g/mol. The van der Waals surface area contributed by atoms with Gasteiger partial charge in [0.2, 0.25) is 0 Å². The van der Waals surface area contributed by atoms with Gasteiger partial charge in [-0.3, -0.25) is 4.79 Å². The van der Waals surface area contributed by atoms with Gasteiger partial charge < -0.3 is 10.6 Å². The first-order valence-corrected chi connectivity index (χ1v) is 8.04. The molecule has 1 amide bonds. The van der Waals surface area contributed by atoms with Crippen molar-refractivity contribution in [3.63, 3.8) is 0 Å². The number of rotatable bonds is 3. The summed E-state index contributed by atoms with van der Waals surface area (Å²) in [5, 5.41) is 6.93. The lowest BCUT2D eigenvalue weighted by atomic mass is 9.77. The summed E-state index contributed by atoms with van der Waals surface area (Å²) in [6.45, 7) is 6.12. The van der Waals surface area contributed by atoms with E-state index in [1.807, 2.05) is 6.07 Å². The van der Waals surface area contributed by atoms with Gasteiger partial charge >= 0.3 is 0 Å². The van der Waals surface area contributed by atoms with Gasteiger partial charge in [-0.2, -0.15) is 0 Å². The lowest BCUT2D eigenvalue weighted by Gasteiger charge is -2.39. The van der Waals surface area contributed by atoms with Gasteiger partial charge in [-0.15, -0.1) is 12.4 Å². The zero-order valence-corrected chi connectivity index (χ0v) is 15.4. The molecule has 118 valence electrons. The van der Waals surface area contributed by atoms with E-state index in [0.717, 1.165) is 11.0 Å². The maximum atomic E-state index is 12.2. The lowest BCUT2D eigenvalue weighted by Crippen LogP contribution is -2.52. The minimum Gasteiger partial charge on any atom is -0.350 e. The van der Waals surface area contributed by atoms with Gasteiger partial charge in [0.05, 0.1) is 10.6 Å². The van der Waals surface area contributed by atoms with E-state index in [1.165, 1.54) is 12.8 Å². The van der Waals surface area contributed by atoms with Gasteiger partial charge in [0, 0.05) is 17.1 Å². The molecule has 1 aliphatic rings. The molecule has 1 atom stereocenters. The van der Waals surface area contributed by atoms with Crippen molar-refractivity contribution in [1.82, 2.24) is 10.6 Å². The summed E-state index contributed by atoms with van der Waals surface area (Å²) in [7, 11) is 0. The highest BCUT2D eigenvalue weighted by atomic mass is 79.9. The fourth-order valence-electron chi connectivity index (χ4n) is 2.58. The highest BCUT2D eigenvalue weighted by Crippen LogP contribution is 2.29. The maximum Gasteiger partial charge on any atom is 0.252 e. The van der Waals surface area contributed by atoms with E-state index < -0.39 is 0 Å². The third-order valence-electron chi connectivity index (χ3n) is 3.97. The van der Waals surface area contributed by atoms with E-state index in [9.17, 15) is 4.79 Å². The fraction of sp³-hybridized carbons (Fsp3) is 0.533. The van der Waals surface area contributed by atoms with Crippen molar-refractivity contribution in [3.05, 3.63) is 33.3 Å². The Morgan fingerprint density at radius 2 is 2.24 bits per heavy atom. The minimum atomic E-state index is -0.120. The van der Waals surface area contributed by atoms with Crippen molar-refractivity contribution < 1.29 is 4.79 Å². The average Bonchev–Trinajstić information content (AvgIpc) is 2.36. The summed E-state index contributed by atoms with van der Waals surface area (Å²) >= 11 is 9.43. The van der Waals surface area contributed by atoms with Crippen LogP contribution in [0.5, 0.6) is 0 Å². The quantitative estimate of drug-likeness (QED) is 0.810. The molecule has 0 aromatic heterocycles. The zero-order valence-electron chi connectivity index (χ0n) is 12.2. The molecule has 6 heteroatoms. The molecule has 0 spiro atoms. The van der Waals surface area contributed by atoms with Crippen molar-refractivity contribution in [2.24, 2.45) is 5.41 Å². The molecular formula is C15H21BrCl2N2O. The summed E-state index contributed by atoms with van der Waals surface area (Å²) in [4.78, 5) is 12.2. The molecule has 0 radical (unpaired) electrons. The van der Waals surface area contributed by atoms with Gasteiger partial charge in [-0.25, -0.2) is 0 Å². The third-order valence-corrected chi connectivity index (χ3v) is 4.78. The van der Waals surface area contributed by atoms with Crippen LogP contribution in [0.4, 0.5) is 0 Å². The molecule has 0 aliphatic carbocycles. The third kappa shape index (κ3) is 4.85. The van der Waals surface area contributed by atoms with Gasteiger partial charge in [0.25, 0.3) is 5.91 Å². The van der Waals surface area contributed by atoms with Crippen LogP contribution in [0.3, 0.4) is 0 Å². The first-order chi connectivity index (χ1) is 9.40. The molecule has 1 saturated heterocycles. The van der Waals surface area contributed by atoms with Crippen molar-refractivity contribution >= 4 is 45.8 Å². The molecule has 1 aliphatic heterocycles. The van der Waals surface area contributed by atoms with E-state index in [4.69, 9.17) is 11.6 Å². The number of carbonyl (C=O) groups excluding carboxylic acids is 1. The first-order valence-electron chi connectivity index (χ1n) is 6.87. The molecule has 1 fully saturated rings. The largest absolute Gasteiger partial charge is 0.350 e. The first kappa shape index (κ1) is 18.8. The fourth-order valence-corrected chi connectivity index (χ4v) is 3.34. The number of benzene rings is 1. The Hall–Kier alpha value is -0.290. The standard InChI is InChI=1S/C15H20BrClN2O.ClH/c1-15(2)6-3-7-18-13(15)9-19-14(20)11-5-4-10(16)8-12(11)17;/h4-5,8,13,18H,3,6-7,9H2,1-2H3,(H,19,20);1H. The van der Waals surface area contributed by atoms with E-state index in [2.05, 4.69) is 40.4 Å². The molecule has 21 heavy (non-hydrogen) atoms. The van der Waals surface area contributed by atoms with Crippen molar-refractivity contribution in [3.8, 4) is 0 Å². The number of carbonyl (C=O) groups is 1. The highest BCUT2D eigenvalue weighted by Gasteiger charge is 2.32. The maximum absolute atomic E-state index is 12.2. The Morgan fingerprint density at radius 3 is 2.86 bits per heavy atom. The number of nitrogens with one attached hydrogen (secondary N) is 2. The Labute approximate surface area is 145 Å². The Bertz CT molecular complexity index is 508. The van der Waals surface area contributed by atoms with E-state index in [0.29, 0.717) is 23.2 Å². The highest BCUT2D eigenvalue weighted by molar-refractivity contribution is 9.10. The predicted octanol–water partition coefficient (Wildman–Crippen LogP) is 4.03. The molecule has 2 rings (SSSR count). The second kappa shape index (κ2) is 7.82. The van der Waals surface area contributed by atoms with Gasteiger partial charge in [-0.05, 0) is 43.0 Å². The van der Waals surface area contributed by atoms with Gasteiger partial charge in [0.15, 0.2) is 0 Å². The second-order valence-corrected chi connectivity index (χ2v) is 7.26.